The number of piperidine rings is 1. The molecule has 128 valence electrons. The Hall–Kier alpha value is -2.44. The molecule has 1 N–H and O–H groups in total. The number of aromatic nitrogens is 4. The van der Waals surface area contributed by atoms with Crippen LogP contribution in [0.3, 0.4) is 0 Å². The predicted molar refractivity (Wildman–Crippen MR) is 92.1 cm³/mol. The predicted octanol–water partition coefficient (Wildman–Crippen LogP) is 1.95. The van der Waals surface area contributed by atoms with Gasteiger partial charge in [-0.05, 0) is 60.7 Å². The summed E-state index contributed by atoms with van der Waals surface area (Å²) in [6.45, 7) is 8.12. The molecule has 1 aromatic heterocycles. The second kappa shape index (κ2) is 6.98. The Morgan fingerprint density at radius 3 is 2.92 bits per heavy atom. The molecule has 24 heavy (non-hydrogen) atoms. The zero-order valence-electron chi connectivity index (χ0n) is 14.5. The van der Waals surface area contributed by atoms with Crippen LogP contribution in [0, 0.1) is 19.8 Å². The number of aryl methyl sites for hydroxylation is 2. The summed E-state index contributed by atoms with van der Waals surface area (Å²) in [5, 5.41) is 14.9. The summed E-state index contributed by atoms with van der Waals surface area (Å²) in [5.74, 6) is 1.48. The number of anilines is 1. The first-order valence-electron chi connectivity index (χ1n) is 8.42. The molecule has 0 radical (unpaired) electrons. The molecule has 2 heterocycles. The van der Waals surface area contributed by atoms with Crippen LogP contribution in [0.1, 0.15) is 31.2 Å². The van der Waals surface area contributed by atoms with E-state index in [1.807, 2.05) is 36.9 Å². The molecule has 1 atom stereocenters. The minimum Gasteiger partial charge on any atom is -0.376 e. The molecule has 0 saturated carbocycles. The van der Waals surface area contributed by atoms with Crippen molar-refractivity contribution < 1.29 is 4.79 Å². The van der Waals surface area contributed by atoms with Crippen LogP contribution < -0.4 is 5.32 Å². The molecule has 0 spiro atoms. The summed E-state index contributed by atoms with van der Waals surface area (Å²) < 4.78 is 1.70. The molecule has 0 bridgehead atoms. The van der Waals surface area contributed by atoms with E-state index in [1.165, 1.54) is 6.42 Å². The first kappa shape index (κ1) is 16.4. The summed E-state index contributed by atoms with van der Waals surface area (Å²) >= 11 is 0. The topological polar surface area (TPSA) is 75.9 Å². The zero-order valence-corrected chi connectivity index (χ0v) is 14.5. The molecule has 2 aromatic rings. The monoisotopic (exact) mass is 328 g/mol. The highest BCUT2D eigenvalue weighted by molar-refractivity contribution is 5.81. The van der Waals surface area contributed by atoms with Crippen LogP contribution in [-0.2, 0) is 4.79 Å². The number of hydrogen-bond acceptors (Lipinski definition) is 5. The van der Waals surface area contributed by atoms with Gasteiger partial charge in [-0.15, -0.1) is 5.10 Å². The number of nitrogens with zero attached hydrogens (tertiary/aromatic N) is 5. The van der Waals surface area contributed by atoms with E-state index >= 15 is 0 Å². The Morgan fingerprint density at radius 1 is 1.38 bits per heavy atom. The molecular weight excluding hydrogens is 304 g/mol. The second-order valence-corrected chi connectivity index (χ2v) is 6.58. The highest BCUT2D eigenvalue weighted by Crippen LogP contribution is 2.20. The van der Waals surface area contributed by atoms with E-state index in [1.54, 1.807) is 4.68 Å². The summed E-state index contributed by atoms with van der Waals surface area (Å²) in [6.07, 6.45) is 2.31. The Morgan fingerprint density at radius 2 is 2.21 bits per heavy atom. The maximum absolute atomic E-state index is 12.4. The zero-order chi connectivity index (χ0) is 17.1. The molecule has 1 aromatic carbocycles. The van der Waals surface area contributed by atoms with Crippen LogP contribution in [0.4, 0.5) is 5.69 Å². The van der Waals surface area contributed by atoms with Crippen molar-refractivity contribution in [3.05, 3.63) is 29.6 Å². The SMILES string of the molecule is Cc1ccc(NCC(=O)N2CCC[C@H](C)C2)cc1-n1nnnc1C. The van der Waals surface area contributed by atoms with E-state index in [2.05, 4.69) is 27.8 Å². The van der Waals surface area contributed by atoms with Gasteiger partial charge >= 0.3 is 0 Å². The van der Waals surface area contributed by atoms with Crippen molar-refractivity contribution in [1.29, 1.82) is 0 Å². The van der Waals surface area contributed by atoms with E-state index in [4.69, 9.17) is 0 Å². The second-order valence-electron chi connectivity index (χ2n) is 6.58. The van der Waals surface area contributed by atoms with Gasteiger partial charge < -0.3 is 10.2 Å². The molecule has 7 heteroatoms. The molecule has 1 saturated heterocycles. The van der Waals surface area contributed by atoms with Gasteiger partial charge in [0, 0.05) is 18.8 Å². The largest absolute Gasteiger partial charge is 0.376 e. The summed E-state index contributed by atoms with van der Waals surface area (Å²) in [4.78, 5) is 14.3. The lowest BCUT2D eigenvalue weighted by molar-refractivity contribution is -0.130. The van der Waals surface area contributed by atoms with Crippen LogP contribution >= 0.6 is 0 Å². The van der Waals surface area contributed by atoms with Gasteiger partial charge in [-0.2, -0.15) is 4.68 Å². The minimum absolute atomic E-state index is 0.155. The fraction of sp³-hybridized carbons (Fsp3) is 0.529. The third-order valence-corrected chi connectivity index (χ3v) is 4.52. The van der Waals surface area contributed by atoms with E-state index in [-0.39, 0.29) is 5.91 Å². The summed E-state index contributed by atoms with van der Waals surface area (Å²) in [5.41, 5.74) is 2.89. The van der Waals surface area contributed by atoms with Gasteiger partial charge in [-0.25, -0.2) is 0 Å². The minimum atomic E-state index is 0.155. The van der Waals surface area contributed by atoms with Crippen molar-refractivity contribution >= 4 is 11.6 Å². The van der Waals surface area contributed by atoms with Gasteiger partial charge in [0.15, 0.2) is 5.82 Å². The van der Waals surface area contributed by atoms with Crippen molar-refractivity contribution in [1.82, 2.24) is 25.1 Å². The normalized spacial score (nSPS) is 17.8. The molecule has 7 nitrogen and oxygen atoms in total. The van der Waals surface area contributed by atoms with Crippen molar-refractivity contribution in [2.24, 2.45) is 5.92 Å². The molecule has 1 amide bonds. The molecule has 3 rings (SSSR count). The first-order chi connectivity index (χ1) is 11.5. The van der Waals surface area contributed by atoms with E-state index < -0.39 is 0 Å². The Kier molecular flexibility index (Phi) is 4.78. The van der Waals surface area contributed by atoms with Crippen LogP contribution in [-0.4, -0.2) is 50.6 Å². The van der Waals surface area contributed by atoms with Crippen molar-refractivity contribution in [3.8, 4) is 5.69 Å². The van der Waals surface area contributed by atoms with Gasteiger partial charge in [0.05, 0.1) is 12.2 Å². The third kappa shape index (κ3) is 3.55. The molecule has 0 unspecified atom stereocenters. The van der Waals surface area contributed by atoms with Gasteiger partial charge in [0.2, 0.25) is 5.91 Å². The van der Waals surface area contributed by atoms with Crippen molar-refractivity contribution in [2.45, 2.75) is 33.6 Å². The molecule has 1 fully saturated rings. The van der Waals surface area contributed by atoms with E-state index in [0.717, 1.165) is 42.3 Å². The Bertz CT molecular complexity index is 726. The lowest BCUT2D eigenvalue weighted by Crippen LogP contribution is -2.41. The number of carbonyl (C=O) groups is 1. The number of benzene rings is 1. The van der Waals surface area contributed by atoms with Gasteiger partial charge in [-0.1, -0.05) is 13.0 Å². The lowest BCUT2D eigenvalue weighted by atomic mass is 10.0. The molecule has 0 aliphatic carbocycles. The van der Waals surface area contributed by atoms with Crippen molar-refractivity contribution in [2.75, 3.05) is 25.0 Å². The highest BCUT2D eigenvalue weighted by atomic mass is 16.2. The van der Waals surface area contributed by atoms with Gasteiger partial charge in [0.1, 0.15) is 0 Å². The number of rotatable bonds is 4. The average molecular weight is 328 g/mol. The number of amides is 1. The number of hydrogen-bond donors (Lipinski definition) is 1. The van der Waals surface area contributed by atoms with Crippen molar-refractivity contribution in [3.63, 3.8) is 0 Å². The van der Waals surface area contributed by atoms with Gasteiger partial charge in [0.25, 0.3) is 0 Å². The Balaban J connectivity index is 1.68. The highest BCUT2D eigenvalue weighted by Gasteiger charge is 2.20. The standard InChI is InChI=1S/C17H24N6O/c1-12-5-4-8-22(11-12)17(24)10-18-15-7-6-13(2)16(9-15)23-14(3)19-20-21-23/h6-7,9,12,18H,4-5,8,10-11H2,1-3H3/t12-/m0/s1. The van der Waals surface area contributed by atoms with E-state index in [0.29, 0.717) is 12.5 Å². The van der Waals surface area contributed by atoms with Crippen LogP contribution in [0.2, 0.25) is 0 Å². The average Bonchev–Trinajstić information content (AvgIpc) is 2.99. The first-order valence-corrected chi connectivity index (χ1v) is 8.42. The lowest BCUT2D eigenvalue weighted by Gasteiger charge is -2.31. The molecule has 1 aliphatic heterocycles. The van der Waals surface area contributed by atoms with Crippen LogP contribution in [0.25, 0.3) is 5.69 Å². The number of tetrazole rings is 1. The van der Waals surface area contributed by atoms with Crippen LogP contribution in [0.15, 0.2) is 18.2 Å². The Labute approximate surface area is 142 Å². The number of nitrogens with one attached hydrogen (secondary N) is 1. The molecule has 1 aliphatic rings. The quantitative estimate of drug-likeness (QED) is 0.928. The third-order valence-electron chi connectivity index (χ3n) is 4.52. The maximum atomic E-state index is 12.4. The van der Waals surface area contributed by atoms with E-state index in [9.17, 15) is 4.79 Å². The summed E-state index contributed by atoms with van der Waals surface area (Å²) in [6, 6.07) is 5.96. The fourth-order valence-corrected chi connectivity index (χ4v) is 3.11. The number of carbonyl (C=O) groups excluding carboxylic acids is 1. The molecular formula is C17H24N6O. The van der Waals surface area contributed by atoms with Crippen LogP contribution in [0.5, 0.6) is 0 Å². The smallest absolute Gasteiger partial charge is 0.241 e. The maximum Gasteiger partial charge on any atom is 0.241 e. The number of likely N-dealkylation sites (tertiary alicyclic amines) is 1. The summed E-state index contributed by atoms with van der Waals surface area (Å²) in [7, 11) is 0. The fourth-order valence-electron chi connectivity index (χ4n) is 3.11. The van der Waals surface area contributed by atoms with Gasteiger partial charge in [-0.3, -0.25) is 4.79 Å².